The molecule has 0 atom stereocenters. The lowest BCUT2D eigenvalue weighted by Gasteiger charge is -2.10. The Balaban J connectivity index is 2.41. The molecular weight excluding hydrogens is 389 g/mol. The van der Waals surface area contributed by atoms with E-state index in [0.717, 1.165) is 0 Å². The summed E-state index contributed by atoms with van der Waals surface area (Å²) < 4.78 is 0.627. The number of hydrogen-bond acceptors (Lipinski definition) is 3. The van der Waals surface area contributed by atoms with Crippen molar-refractivity contribution in [3.05, 3.63) is 48.5 Å². The van der Waals surface area contributed by atoms with Crippen LogP contribution in [0.5, 0.6) is 0 Å². The van der Waals surface area contributed by atoms with Gasteiger partial charge in [-0.3, -0.25) is 4.79 Å². The number of amides is 1. The number of nitrogens with one attached hydrogen (secondary N) is 1. The highest BCUT2D eigenvalue weighted by molar-refractivity contribution is 9.10. The van der Waals surface area contributed by atoms with Crippen molar-refractivity contribution < 1.29 is 14.7 Å². The highest BCUT2D eigenvalue weighted by Gasteiger charge is 2.19. The summed E-state index contributed by atoms with van der Waals surface area (Å²) in [7, 11) is 0. The fourth-order valence-electron chi connectivity index (χ4n) is 1.50. The van der Waals surface area contributed by atoms with Crippen LogP contribution >= 0.6 is 50.5 Å². The molecule has 0 aliphatic carbocycles. The summed E-state index contributed by atoms with van der Waals surface area (Å²) in [5.41, 5.74) is -0.141. The molecule has 2 N–H and O–H groups in total. The fourth-order valence-corrected chi connectivity index (χ4v) is 3.48. The van der Waals surface area contributed by atoms with E-state index in [1.54, 1.807) is 11.4 Å². The maximum atomic E-state index is 12.1. The van der Waals surface area contributed by atoms with Gasteiger partial charge in [0.05, 0.1) is 16.3 Å². The SMILES string of the molecule is O=C(O)c1cc(Cl)cc(Cl)c1NC(=O)c1sccc1Br. The lowest BCUT2D eigenvalue weighted by molar-refractivity contribution is 0.0698. The maximum absolute atomic E-state index is 12.1. The first-order chi connectivity index (χ1) is 9.40. The molecule has 0 saturated carbocycles. The normalized spacial score (nSPS) is 10.3. The first-order valence-electron chi connectivity index (χ1n) is 5.17. The van der Waals surface area contributed by atoms with E-state index in [-0.39, 0.29) is 21.3 Å². The van der Waals surface area contributed by atoms with Crippen molar-refractivity contribution in [3.8, 4) is 0 Å². The Labute approximate surface area is 136 Å². The van der Waals surface area contributed by atoms with Gasteiger partial charge in [-0.05, 0) is 39.5 Å². The summed E-state index contributed by atoms with van der Waals surface area (Å²) >= 11 is 16.2. The van der Waals surface area contributed by atoms with Gasteiger partial charge in [0, 0.05) is 9.50 Å². The largest absolute Gasteiger partial charge is 0.478 e. The molecule has 2 rings (SSSR count). The number of benzene rings is 1. The van der Waals surface area contributed by atoms with E-state index in [0.29, 0.717) is 9.35 Å². The van der Waals surface area contributed by atoms with Gasteiger partial charge in [0.25, 0.3) is 5.91 Å². The minimum atomic E-state index is -1.23. The van der Waals surface area contributed by atoms with Crippen LogP contribution in [0.1, 0.15) is 20.0 Å². The molecule has 1 aromatic carbocycles. The van der Waals surface area contributed by atoms with Crippen molar-refractivity contribution in [1.29, 1.82) is 0 Å². The van der Waals surface area contributed by atoms with Crippen LogP contribution in [0.25, 0.3) is 0 Å². The summed E-state index contributed by atoms with van der Waals surface area (Å²) in [6.07, 6.45) is 0. The number of aromatic carboxylic acids is 1. The van der Waals surface area contributed by atoms with Crippen molar-refractivity contribution in [2.24, 2.45) is 0 Å². The van der Waals surface area contributed by atoms with E-state index in [9.17, 15) is 9.59 Å². The predicted octanol–water partition coefficient (Wildman–Crippen LogP) is 4.77. The second kappa shape index (κ2) is 6.13. The number of carboxylic acid groups (broad SMARTS) is 1. The van der Waals surface area contributed by atoms with Crippen molar-refractivity contribution in [1.82, 2.24) is 0 Å². The van der Waals surface area contributed by atoms with Gasteiger partial charge in [-0.2, -0.15) is 0 Å². The van der Waals surface area contributed by atoms with Gasteiger partial charge >= 0.3 is 5.97 Å². The third-order valence-corrected chi connectivity index (χ3v) is 4.70. The highest BCUT2D eigenvalue weighted by Crippen LogP contribution is 2.32. The van der Waals surface area contributed by atoms with Crippen LogP contribution in [0.4, 0.5) is 5.69 Å². The molecule has 0 aliphatic rings. The zero-order valence-electron chi connectivity index (χ0n) is 9.62. The molecule has 0 bridgehead atoms. The Bertz CT molecular complexity index is 702. The van der Waals surface area contributed by atoms with Crippen LogP contribution in [-0.2, 0) is 0 Å². The monoisotopic (exact) mass is 393 g/mol. The van der Waals surface area contributed by atoms with E-state index in [4.69, 9.17) is 28.3 Å². The lowest BCUT2D eigenvalue weighted by atomic mass is 10.1. The molecule has 2 aromatic rings. The van der Waals surface area contributed by atoms with Crippen molar-refractivity contribution in [3.63, 3.8) is 0 Å². The second-order valence-electron chi connectivity index (χ2n) is 3.67. The van der Waals surface area contributed by atoms with Gasteiger partial charge in [-0.25, -0.2) is 4.79 Å². The minimum Gasteiger partial charge on any atom is -0.478 e. The number of anilines is 1. The van der Waals surface area contributed by atoms with Crippen LogP contribution in [0, 0.1) is 0 Å². The number of hydrogen-bond donors (Lipinski definition) is 2. The van der Waals surface area contributed by atoms with Crippen LogP contribution in [-0.4, -0.2) is 17.0 Å². The molecule has 8 heteroatoms. The summed E-state index contributed by atoms with van der Waals surface area (Å²) in [4.78, 5) is 23.7. The summed E-state index contributed by atoms with van der Waals surface area (Å²) in [5.74, 6) is -1.67. The fraction of sp³-hybridized carbons (Fsp3) is 0. The number of rotatable bonds is 3. The van der Waals surface area contributed by atoms with E-state index in [1.807, 2.05) is 0 Å². The molecule has 1 heterocycles. The quantitative estimate of drug-likeness (QED) is 0.787. The van der Waals surface area contributed by atoms with E-state index in [1.165, 1.54) is 23.5 Å². The van der Waals surface area contributed by atoms with Crippen LogP contribution in [0.3, 0.4) is 0 Å². The molecule has 104 valence electrons. The van der Waals surface area contributed by atoms with Gasteiger partial charge in [-0.1, -0.05) is 23.2 Å². The zero-order chi connectivity index (χ0) is 14.9. The van der Waals surface area contributed by atoms with Gasteiger partial charge in [0.2, 0.25) is 0 Å². The second-order valence-corrected chi connectivity index (χ2v) is 6.28. The summed E-state index contributed by atoms with van der Waals surface area (Å²) in [5, 5.41) is 13.6. The topological polar surface area (TPSA) is 66.4 Å². The molecule has 0 fully saturated rings. The van der Waals surface area contributed by atoms with E-state index < -0.39 is 11.9 Å². The number of carbonyl (C=O) groups excluding carboxylic acids is 1. The van der Waals surface area contributed by atoms with E-state index in [2.05, 4.69) is 21.2 Å². The van der Waals surface area contributed by atoms with Crippen LogP contribution < -0.4 is 5.32 Å². The summed E-state index contributed by atoms with van der Waals surface area (Å²) in [6.45, 7) is 0. The Morgan fingerprint density at radius 3 is 2.55 bits per heavy atom. The average molecular weight is 395 g/mol. The molecule has 0 aliphatic heterocycles. The Hall–Kier alpha value is -1.08. The Morgan fingerprint density at radius 2 is 2.00 bits per heavy atom. The molecule has 0 unspecified atom stereocenters. The number of carboxylic acids is 1. The smallest absolute Gasteiger partial charge is 0.337 e. The first-order valence-corrected chi connectivity index (χ1v) is 7.59. The predicted molar refractivity (Wildman–Crippen MR) is 83.4 cm³/mol. The van der Waals surface area contributed by atoms with Gasteiger partial charge in [0.1, 0.15) is 4.88 Å². The lowest BCUT2D eigenvalue weighted by Crippen LogP contribution is -2.14. The van der Waals surface area contributed by atoms with Crippen molar-refractivity contribution in [2.75, 3.05) is 5.32 Å². The van der Waals surface area contributed by atoms with Crippen LogP contribution in [0.2, 0.25) is 10.0 Å². The molecule has 0 saturated heterocycles. The molecule has 1 aromatic heterocycles. The molecule has 0 radical (unpaired) electrons. The van der Waals surface area contributed by atoms with Crippen molar-refractivity contribution >= 4 is 68.0 Å². The van der Waals surface area contributed by atoms with E-state index >= 15 is 0 Å². The molecule has 20 heavy (non-hydrogen) atoms. The first kappa shape index (κ1) is 15.3. The van der Waals surface area contributed by atoms with Crippen molar-refractivity contribution in [2.45, 2.75) is 0 Å². The molecular formula is C12H6BrCl2NO3S. The Kier molecular flexibility index (Phi) is 4.70. The third kappa shape index (κ3) is 3.15. The van der Waals surface area contributed by atoms with Gasteiger partial charge in [-0.15, -0.1) is 11.3 Å². The van der Waals surface area contributed by atoms with Gasteiger partial charge in [0.15, 0.2) is 0 Å². The molecule has 0 spiro atoms. The number of carbonyl (C=O) groups is 2. The summed E-state index contributed by atoms with van der Waals surface area (Å²) in [6, 6.07) is 4.32. The average Bonchev–Trinajstić information content (AvgIpc) is 2.78. The number of halogens is 3. The highest BCUT2D eigenvalue weighted by atomic mass is 79.9. The molecule has 1 amide bonds. The standard InChI is InChI=1S/C12H6BrCl2NO3S/c13-7-1-2-20-10(7)11(17)16-9-6(12(18)19)3-5(14)4-8(9)15/h1-4H,(H,16,17)(H,18,19). The molecule has 4 nitrogen and oxygen atoms in total. The Morgan fingerprint density at radius 1 is 1.30 bits per heavy atom. The number of thiophene rings is 1. The van der Waals surface area contributed by atoms with Crippen LogP contribution in [0.15, 0.2) is 28.1 Å². The maximum Gasteiger partial charge on any atom is 0.337 e. The third-order valence-electron chi connectivity index (χ3n) is 2.35. The van der Waals surface area contributed by atoms with Gasteiger partial charge < -0.3 is 10.4 Å². The zero-order valence-corrected chi connectivity index (χ0v) is 13.5. The minimum absolute atomic E-state index is 0.0221.